The van der Waals surface area contributed by atoms with Crippen molar-refractivity contribution in [2.24, 2.45) is 0 Å². The largest absolute Gasteiger partial charge is 0.573 e. The highest BCUT2D eigenvalue weighted by Crippen LogP contribution is 2.23. The smallest absolute Gasteiger partial charge is 0.479 e. The zero-order valence-electron chi connectivity index (χ0n) is 14.9. The molecule has 0 aliphatic carbocycles. The molecule has 1 atom stereocenters. The number of esters is 1. The number of hydrogen-bond acceptors (Lipinski definition) is 5. The minimum atomic E-state index is -4.80. The third kappa shape index (κ3) is 7.18. The van der Waals surface area contributed by atoms with Gasteiger partial charge in [0.2, 0.25) is 0 Å². The number of nitrogens with one attached hydrogen (secondary N) is 1. The number of para-hydroxylation sites is 1. The van der Waals surface area contributed by atoms with Crippen molar-refractivity contribution in [3.63, 3.8) is 0 Å². The van der Waals surface area contributed by atoms with E-state index in [2.05, 4.69) is 10.1 Å². The van der Waals surface area contributed by atoms with E-state index in [-0.39, 0.29) is 5.69 Å². The Morgan fingerprint density at radius 3 is 2.21 bits per heavy atom. The topological polar surface area (TPSA) is 73.9 Å². The van der Waals surface area contributed by atoms with E-state index in [0.717, 1.165) is 12.1 Å². The van der Waals surface area contributed by atoms with Crippen LogP contribution in [0.2, 0.25) is 0 Å². The van der Waals surface area contributed by atoms with E-state index in [0.29, 0.717) is 12.2 Å². The highest BCUT2D eigenvalue weighted by atomic mass is 19.4. The first-order chi connectivity index (χ1) is 13.3. The number of amides is 1. The van der Waals surface area contributed by atoms with Gasteiger partial charge in [-0.15, -0.1) is 13.2 Å². The average Bonchev–Trinajstić information content (AvgIpc) is 2.65. The monoisotopic (exact) mass is 397 g/mol. The van der Waals surface area contributed by atoms with Crippen molar-refractivity contribution in [1.29, 1.82) is 0 Å². The second-order valence-corrected chi connectivity index (χ2v) is 5.56. The summed E-state index contributed by atoms with van der Waals surface area (Å²) in [5.74, 6) is -1.26. The maximum atomic E-state index is 12.1. The Balaban J connectivity index is 1.81. The van der Waals surface area contributed by atoms with Gasteiger partial charge in [-0.25, -0.2) is 4.79 Å². The van der Waals surface area contributed by atoms with Crippen LogP contribution in [0.3, 0.4) is 0 Å². The molecule has 9 heteroatoms. The first-order valence-corrected chi connectivity index (χ1v) is 8.31. The average molecular weight is 397 g/mol. The molecule has 0 unspecified atom stereocenters. The maximum absolute atomic E-state index is 12.1. The molecule has 0 aromatic heterocycles. The first-order valence-electron chi connectivity index (χ1n) is 8.31. The second kappa shape index (κ2) is 9.63. The Kier molecular flexibility index (Phi) is 7.25. The van der Waals surface area contributed by atoms with E-state index in [1.54, 1.807) is 37.3 Å². The molecule has 0 aliphatic rings. The van der Waals surface area contributed by atoms with Crippen molar-refractivity contribution in [2.45, 2.75) is 25.8 Å². The number of carbonyl (C=O) groups is 2. The molecule has 0 aliphatic heterocycles. The number of anilines is 1. The summed E-state index contributed by atoms with van der Waals surface area (Å²) in [6.45, 7) is 1.17. The van der Waals surface area contributed by atoms with E-state index in [1.807, 2.05) is 0 Å². The first kappa shape index (κ1) is 21.1. The summed E-state index contributed by atoms with van der Waals surface area (Å²) in [5, 5.41) is 2.40. The molecule has 0 saturated heterocycles. The minimum Gasteiger partial charge on any atom is -0.479 e. The van der Waals surface area contributed by atoms with Gasteiger partial charge in [-0.05, 0) is 42.8 Å². The van der Waals surface area contributed by atoms with Crippen molar-refractivity contribution in [1.82, 2.24) is 0 Å². The fourth-order valence-corrected chi connectivity index (χ4v) is 2.13. The normalized spacial score (nSPS) is 12.0. The molecule has 1 amide bonds. The van der Waals surface area contributed by atoms with Gasteiger partial charge in [0.05, 0.1) is 0 Å². The number of carbonyl (C=O) groups excluding carboxylic acids is 2. The predicted octanol–water partition coefficient (Wildman–Crippen LogP) is 3.92. The zero-order valence-corrected chi connectivity index (χ0v) is 14.9. The summed E-state index contributed by atoms with van der Waals surface area (Å²) in [6.07, 6.45) is -5.32. The molecular formula is C19H18F3NO5. The standard InChI is InChI=1S/C19H18F3NO5/c1-2-16(27-14-6-4-3-5-7-14)18(25)26-12-17(24)23-13-8-10-15(11-9-13)28-19(20,21)22/h3-11,16H,2,12H2,1H3,(H,23,24)/t16-/m0/s1. The zero-order chi connectivity index (χ0) is 20.6. The van der Waals surface area contributed by atoms with E-state index >= 15 is 0 Å². The third-order valence-corrected chi connectivity index (χ3v) is 3.37. The van der Waals surface area contributed by atoms with Crippen molar-refractivity contribution in [2.75, 3.05) is 11.9 Å². The Morgan fingerprint density at radius 2 is 1.64 bits per heavy atom. The Labute approximate surface area is 159 Å². The number of alkyl halides is 3. The molecule has 0 fully saturated rings. The van der Waals surface area contributed by atoms with E-state index < -0.39 is 36.7 Å². The molecule has 2 aromatic rings. The van der Waals surface area contributed by atoms with Gasteiger partial charge in [-0.3, -0.25) is 4.79 Å². The molecule has 6 nitrogen and oxygen atoms in total. The van der Waals surface area contributed by atoms with Crippen LogP contribution in [0.5, 0.6) is 11.5 Å². The van der Waals surface area contributed by atoms with Gasteiger partial charge in [0.25, 0.3) is 5.91 Å². The lowest BCUT2D eigenvalue weighted by Gasteiger charge is -2.16. The summed E-state index contributed by atoms with van der Waals surface area (Å²) < 4.78 is 50.5. The molecule has 2 aromatic carbocycles. The van der Waals surface area contributed by atoms with Crippen molar-refractivity contribution in [3.05, 3.63) is 54.6 Å². The fraction of sp³-hybridized carbons (Fsp3) is 0.263. The maximum Gasteiger partial charge on any atom is 0.573 e. The molecule has 1 N–H and O–H groups in total. The van der Waals surface area contributed by atoms with Gasteiger partial charge in [-0.1, -0.05) is 25.1 Å². The molecule has 2 rings (SSSR count). The Morgan fingerprint density at radius 1 is 1.00 bits per heavy atom. The highest BCUT2D eigenvalue weighted by molar-refractivity contribution is 5.93. The summed E-state index contributed by atoms with van der Waals surface area (Å²) in [6, 6.07) is 13.3. The Bertz CT molecular complexity index is 778. The van der Waals surface area contributed by atoms with E-state index in [9.17, 15) is 22.8 Å². The van der Waals surface area contributed by atoms with Crippen molar-refractivity contribution >= 4 is 17.6 Å². The van der Waals surface area contributed by atoms with Gasteiger partial charge < -0.3 is 19.5 Å². The van der Waals surface area contributed by atoms with Crippen LogP contribution in [-0.2, 0) is 14.3 Å². The lowest BCUT2D eigenvalue weighted by Crippen LogP contribution is -2.31. The van der Waals surface area contributed by atoms with Gasteiger partial charge in [0, 0.05) is 5.69 Å². The van der Waals surface area contributed by atoms with E-state index in [1.165, 1.54) is 12.1 Å². The van der Waals surface area contributed by atoms with Crippen molar-refractivity contribution in [3.8, 4) is 11.5 Å². The molecule has 0 radical (unpaired) electrons. The van der Waals surface area contributed by atoms with Crippen LogP contribution in [0.15, 0.2) is 54.6 Å². The van der Waals surface area contributed by atoms with Crippen LogP contribution in [0, 0.1) is 0 Å². The number of hydrogen-bond donors (Lipinski definition) is 1. The molecule has 0 saturated carbocycles. The van der Waals surface area contributed by atoms with Gasteiger partial charge in [0.1, 0.15) is 11.5 Å². The summed E-state index contributed by atoms with van der Waals surface area (Å²) in [4.78, 5) is 23.9. The Hall–Kier alpha value is -3.23. The molecule has 0 heterocycles. The van der Waals surface area contributed by atoms with Crippen LogP contribution in [0.4, 0.5) is 18.9 Å². The lowest BCUT2D eigenvalue weighted by molar-refractivity contribution is -0.274. The fourth-order valence-electron chi connectivity index (χ4n) is 2.13. The van der Waals surface area contributed by atoms with Crippen LogP contribution < -0.4 is 14.8 Å². The van der Waals surface area contributed by atoms with Crippen molar-refractivity contribution < 1.29 is 37.0 Å². The molecule has 28 heavy (non-hydrogen) atoms. The van der Waals surface area contributed by atoms with Gasteiger partial charge in [-0.2, -0.15) is 0 Å². The minimum absolute atomic E-state index is 0.225. The number of benzene rings is 2. The van der Waals surface area contributed by atoms with Crippen LogP contribution in [0.25, 0.3) is 0 Å². The SMILES string of the molecule is CC[C@H](Oc1ccccc1)C(=O)OCC(=O)Nc1ccc(OC(F)(F)F)cc1. The van der Waals surface area contributed by atoms with Crippen LogP contribution >= 0.6 is 0 Å². The van der Waals surface area contributed by atoms with Gasteiger partial charge >= 0.3 is 12.3 Å². The van der Waals surface area contributed by atoms with Crippen LogP contribution in [-0.4, -0.2) is 30.9 Å². The summed E-state index contributed by atoms with van der Waals surface area (Å²) in [5.41, 5.74) is 0.225. The number of ether oxygens (including phenoxy) is 3. The predicted molar refractivity (Wildman–Crippen MR) is 93.9 cm³/mol. The number of rotatable bonds is 8. The highest BCUT2D eigenvalue weighted by Gasteiger charge is 2.31. The molecule has 0 spiro atoms. The second-order valence-electron chi connectivity index (χ2n) is 5.56. The number of halogens is 3. The summed E-state index contributed by atoms with van der Waals surface area (Å²) in [7, 11) is 0. The third-order valence-electron chi connectivity index (χ3n) is 3.37. The molecular weight excluding hydrogens is 379 g/mol. The van der Waals surface area contributed by atoms with Gasteiger partial charge in [0.15, 0.2) is 12.7 Å². The molecule has 0 bridgehead atoms. The lowest BCUT2D eigenvalue weighted by atomic mass is 10.2. The molecule has 150 valence electrons. The summed E-state index contributed by atoms with van der Waals surface area (Å²) >= 11 is 0. The van der Waals surface area contributed by atoms with E-state index in [4.69, 9.17) is 9.47 Å². The van der Waals surface area contributed by atoms with Crippen LogP contribution in [0.1, 0.15) is 13.3 Å². The quantitative estimate of drug-likeness (QED) is 0.684.